The number of likely N-dealkylation sites (tertiary alicyclic amines) is 2. The Bertz CT molecular complexity index is 478. The first-order valence-electron chi connectivity index (χ1n) is 11.3. The maximum atomic E-state index is 13.1. The zero-order valence-electron chi connectivity index (χ0n) is 18.0. The minimum Gasteiger partial charge on any atom is -0.342 e. The van der Waals surface area contributed by atoms with Gasteiger partial charge < -0.3 is 9.80 Å². The van der Waals surface area contributed by atoms with Crippen molar-refractivity contribution in [3.8, 4) is 0 Å². The summed E-state index contributed by atoms with van der Waals surface area (Å²) in [5.74, 6) is 2.96. The maximum Gasteiger partial charge on any atom is 0.223 e. The van der Waals surface area contributed by atoms with Crippen molar-refractivity contribution in [2.45, 2.75) is 79.1 Å². The SMILES string of the molecule is CC1CC(C)CN(C(=O)CC2(CC(=O)N3CC(C)CC(C)C3)CCCC2)C1. The molecule has 0 radical (unpaired) electrons. The highest BCUT2D eigenvalue weighted by molar-refractivity contribution is 5.81. The van der Waals surface area contributed by atoms with Gasteiger partial charge in [-0.3, -0.25) is 9.59 Å². The number of hydrogen-bond acceptors (Lipinski definition) is 2. The molecule has 1 saturated carbocycles. The molecule has 154 valence electrons. The standard InChI is InChI=1S/C23H40N2O2/c1-17-9-18(2)14-24(13-17)21(26)11-23(7-5-6-8-23)12-22(27)25-15-19(3)10-20(4)16-25/h17-20H,5-16H2,1-4H3. The number of nitrogens with zero attached hydrogens (tertiary/aromatic N) is 2. The van der Waals surface area contributed by atoms with Gasteiger partial charge in [0.15, 0.2) is 0 Å². The lowest BCUT2D eigenvalue weighted by Crippen LogP contribution is -2.46. The lowest BCUT2D eigenvalue weighted by molar-refractivity contribution is -0.140. The molecule has 1 aliphatic carbocycles. The Morgan fingerprint density at radius 3 is 1.37 bits per heavy atom. The van der Waals surface area contributed by atoms with E-state index in [0.29, 0.717) is 48.3 Å². The molecule has 0 aromatic heterocycles. The molecule has 2 saturated heterocycles. The number of carbonyl (C=O) groups is 2. The number of hydrogen-bond donors (Lipinski definition) is 0. The van der Waals surface area contributed by atoms with Crippen LogP contribution in [0.1, 0.15) is 79.1 Å². The summed E-state index contributed by atoms with van der Waals surface area (Å²) in [7, 11) is 0. The van der Waals surface area contributed by atoms with Crippen LogP contribution in [0.5, 0.6) is 0 Å². The summed E-state index contributed by atoms with van der Waals surface area (Å²) < 4.78 is 0. The van der Waals surface area contributed by atoms with Gasteiger partial charge in [0.25, 0.3) is 0 Å². The highest BCUT2D eigenvalue weighted by atomic mass is 16.2. The molecule has 27 heavy (non-hydrogen) atoms. The van der Waals surface area contributed by atoms with Crippen LogP contribution in [0.2, 0.25) is 0 Å². The Morgan fingerprint density at radius 2 is 1.04 bits per heavy atom. The first kappa shape index (κ1) is 20.7. The summed E-state index contributed by atoms with van der Waals surface area (Å²) in [6.45, 7) is 12.6. The van der Waals surface area contributed by atoms with E-state index in [1.54, 1.807) is 0 Å². The van der Waals surface area contributed by atoms with Crippen LogP contribution >= 0.6 is 0 Å². The third-order valence-corrected chi connectivity index (χ3v) is 7.16. The van der Waals surface area contributed by atoms with Crippen LogP contribution in [0.25, 0.3) is 0 Å². The average molecular weight is 377 g/mol. The lowest BCUT2D eigenvalue weighted by Gasteiger charge is -2.39. The van der Waals surface area contributed by atoms with Crippen molar-refractivity contribution in [2.75, 3.05) is 26.2 Å². The molecule has 0 aromatic rings. The van der Waals surface area contributed by atoms with Gasteiger partial charge in [-0.2, -0.15) is 0 Å². The van der Waals surface area contributed by atoms with E-state index in [2.05, 4.69) is 37.5 Å². The summed E-state index contributed by atoms with van der Waals surface area (Å²) >= 11 is 0. The van der Waals surface area contributed by atoms with E-state index < -0.39 is 0 Å². The normalized spacial score (nSPS) is 33.9. The van der Waals surface area contributed by atoms with Gasteiger partial charge in [-0.15, -0.1) is 0 Å². The molecule has 0 bridgehead atoms. The molecule has 0 spiro atoms. The van der Waals surface area contributed by atoms with Gasteiger partial charge in [0.1, 0.15) is 0 Å². The van der Waals surface area contributed by atoms with Crippen molar-refractivity contribution in [1.29, 1.82) is 0 Å². The largest absolute Gasteiger partial charge is 0.342 e. The fourth-order valence-corrected chi connectivity index (χ4v) is 6.14. The number of piperidine rings is 2. The lowest BCUT2D eigenvalue weighted by atomic mass is 9.77. The smallest absolute Gasteiger partial charge is 0.223 e. The van der Waals surface area contributed by atoms with Gasteiger partial charge in [-0.1, -0.05) is 40.5 Å². The van der Waals surface area contributed by atoms with Crippen LogP contribution in [-0.4, -0.2) is 47.8 Å². The van der Waals surface area contributed by atoms with E-state index in [1.165, 1.54) is 25.7 Å². The Morgan fingerprint density at radius 1 is 0.704 bits per heavy atom. The Kier molecular flexibility index (Phi) is 6.53. The van der Waals surface area contributed by atoms with E-state index in [-0.39, 0.29) is 5.41 Å². The van der Waals surface area contributed by atoms with Gasteiger partial charge >= 0.3 is 0 Å². The summed E-state index contributed by atoms with van der Waals surface area (Å²) in [4.78, 5) is 30.4. The summed E-state index contributed by atoms with van der Waals surface area (Å²) in [5.41, 5.74) is -0.0813. The van der Waals surface area contributed by atoms with Crippen molar-refractivity contribution >= 4 is 11.8 Å². The van der Waals surface area contributed by atoms with Crippen molar-refractivity contribution in [3.05, 3.63) is 0 Å². The molecule has 4 nitrogen and oxygen atoms in total. The Hall–Kier alpha value is -1.06. The van der Waals surface area contributed by atoms with Crippen LogP contribution in [0.15, 0.2) is 0 Å². The molecule has 2 heterocycles. The second-order valence-corrected chi connectivity index (χ2v) is 10.6. The molecular formula is C23H40N2O2. The van der Waals surface area contributed by atoms with Crippen molar-refractivity contribution < 1.29 is 9.59 Å². The van der Waals surface area contributed by atoms with Crippen LogP contribution in [0, 0.1) is 29.1 Å². The maximum absolute atomic E-state index is 13.1. The summed E-state index contributed by atoms with van der Waals surface area (Å²) in [6.07, 6.45) is 8.02. The third-order valence-electron chi connectivity index (χ3n) is 7.16. The van der Waals surface area contributed by atoms with Crippen LogP contribution in [0.4, 0.5) is 0 Å². The van der Waals surface area contributed by atoms with Gasteiger partial charge in [0.05, 0.1) is 0 Å². The second-order valence-electron chi connectivity index (χ2n) is 10.6. The fourth-order valence-electron chi connectivity index (χ4n) is 6.14. The number of rotatable bonds is 4. The van der Waals surface area contributed by atoms with Gasteiger partial charge in [0, 0.05) is 39.0 Å². The Balaban J connectivity index is 1.63. The van der Waals surface area contributed by atoms with Crippen LogP contribution < -0.4 is 0 Å². The number of carbonyl (C=O) groups excluding carboxylic acids is 2. The molecule has 4 heteroatoms. The van der Waals surface area contributed by atoms with E-state index in [0.717, 1.165) is 39.0 Å². The molecule has 3 rings (SSSR count). The Labute approximate surface area is 166 Å². The van der Waals surface area contributed by atoms with E-state index in [9.17, 15) is 9.59 Å². The van der Waals surface area contributed by atoms with Crippen molar-refractivity contribution in [3.63, 3.8) is 0 Å². The minimum atomic E-state index is -0.0813. The fraction of sp³-hybridized carbons (Fsp3) is 0.913. The zero-order chi connectivity index (χ0) is 19.6. The monoisotopic (exact) mass is 376 g/mol. The highest BCUT2D eigenvalue weighted by Gasteiger charge is 2.41. The second kappa shape index (κ2) is 8.53. The van der Waals surface area contributed by atoms with Crippen LogP contribution in [-0.2, 0) is 9.59 Å². The molecule has 4 atom stereocenters. The first-order chi connectivity index (χ1) is 12.8. The minimum absolute atomic E-state index is 0.0813. The predicted molar refractivity (Wildman–Crippen MR) is 109 cm³/mol. The van der Waals surface area contributed by atoms with E-state index in [1.807, 2.05) is 0 Å². The van der Waals surface area contributed by atoms with E-state index in [4.69, 9.17) is 0 Å². The number of amides is 2. The van der Waals surface area contributed by atoms with Crippen molar-refractivity contribution in [2.24, 2.45) is 29.1 Å². The molecular weight excluding hydrogens is 336 g/mol. The molecule has 3 fully saturated rings. The predicted octanol–water partition coefficient (Wildman–Crippen LogP) is 4.34. The van der Waals surface area contributed by atoms with Gasteiger partial charge in [-0.05, 0) is 54.8 Å². The van der Waals surface area contributed by atoms with E-state index >= 15 is 0 Å². The molecule has 2 amide bonds. The van der Waals surface area contributed by atoms with Crippen LogP contribution in [0.3, 0.4) is 0 Å². The quantitative estimate of drug-likeness (QED) is 0.732. The van der Waals surface area contributed by atoms with Gasteiger partial charge in [-0.25, -0.2) is 0 Å². The average Bonchev–Trinajstić information content (AvgIpc) is 3.01. The summed E-state index contributed by atoms with van der Waals surface area (Å²) in [5, 5.41) is 0. The molecule has 2 aliphatic heterocycles. The van der Waals surface area contributed by atoms with Gasteiger partial charge in [0.2, 0.25) is 11.8 Å². The van der Waals surface area contributed by atoms with Crippen molar-refractivity contribution in [1.82, 2.24) is 9.80 Å². The zero-order valence-corrected chi connectivity index (χ0v) is 18.0. The topological polar surface area (TPSA) is 40.6 Å². The third kappa shape index (κ3) is 5.26. The summed E-state index contributed by atoms with van der Waals surface area (Å²) in [6, 6.07) is 0. The molecule has 3 aliphatic rings. The highest BCUT2D eigenvalue weighted by Crippen LogP contribution is 2.45. The molecule has 0 aromatic carbocycles. The first-order valence-corrected chi connectivity index (χ1v) is 11.3. The molecule has 4 unspecified atom stereocenters. The molecule has 0 N–H and O–H groups in total.